The Kier molecular flexibility index (Phi) is 4.84. The van der Waals surface area contributed by atoms with Crippen LogP contribution in [0.4, 0.5) is 5.82 Å². The second-order valence-corrected chi connectivity index (χ2v) is 8.58. The molecule has 156 valence electrons. The molecule has 31 heavy (non-hydrogen) atoms. The topological polar surface area (TPSA) is 93.3 Å². The molecule has 3 heterocycles. The zero-order chi connectivity index (χ0) is 21.4. The van der Waals surface area contributed by atoms with E-state index in [1.54, 1.807) is 18.3 Å². The van der Waals surface area contributed by atoms with E-state index in [0.717, 1.165) is 37.1 Å². The first-order valence-electron chi connectivity index (χ1n) is 10.7. The highest BCUT2D eigenvalue weighted by atomic mass is 16.5. The normalized spacial score (nSPS) is 23.2. The van der Waals surface area contributed by atoms with Gasteiger partial charge in [-0.2, -0.15) is 10.5 Å². The molecular weight excluding hydrogens is 390 g/mol. The van der Waals surface area contributed by atoms with Crippen LogP contribution in [-0.2, 0) is 15.1 Å². The van der Waals surface area contributed by atoms with Crippen LogP contribution in [0.2, 0.25) is 0 Å². The quantitative estimate of drug-likeness (QED) is 0.748. The molecule has 2 aromatic rings. The van der Waals surface area contributed by atoms with Gasteiger partial charge < -0.3 is 14.5 Å². The lowest BCUT2D eigenvalue weighted by Gasteiger charge is -2.41. The molecular formula is C24H23N5O2. The summed E-state index contributed by atoms with van der Waals surface area (Å²) in [5, 5.41) is 18.1. The Morgan fingerprint density at radius 1 is 1.10 bits per heavy atom. The number of nitriles is 2. The highest BCUT2D eigenvalue weighted by molar-refractivity contribution is 5.78. The maximum Gasteiger partial charge on any atom is 0.248 e. The average Bonchev–Trinajstić information content (AvgIpc) is 3.57. The first-order valence-corrected chi connectivity index (χ1v) is 10.7. The summed E-state index contributed by atoms with van der Waals surface area (Å²) in [5.74, 6) is 0.899. The summed E-state index contributed by atoms with van der Waals surface area (Å²) in [4.78, 5) is 21.6. The van der Waals surface area contributed by atoms with Crippen LogP contribution in [0.3, 0.4) is 0 Å². The minimum atomic E-state index is -0.421. The number of ether oxygens (including phenoxy) is 1. The fourth-order valence-corrected chi connectivity index (χ4v) is 4.88. The molecule has 0 radical (unpaired) electrons. The number of hydrogen-bond acceptors (Lipinski definition) is 6. The van der Waals surface area contributed by atoms with Crippen LogP contribution in [0.15, 0.2) is 42.6 Å². The third kappa shape index (κ3) is 3.62. The van der Waals surface area contributed by atoms with Gasteiger partial charge in [0.2, 0.25) is 5.91 Å². The highest BCUT2D eigenvalue weighted by Gasteiger charge is 2.47. The van der Waals surface area contributed by atoms with Crippen molar-refractivity contribution in [2.75, 3.05) is 24.6 Å². The Labute approximate surface area is 181 Å². The van der Waals surface area contributed by atoms with Crippen LogP contribution < -0.4 is 4.90 Å². The van der Waals surface area contributed by atoms with E-state index in [-0.39, 0.29) is 24.6 Å². The molecule has 1 aromatic heterocycles. The standard InChI is InChI=1S/C24H23N5O2/c25-11-17-2-1-3-19(10-17)24(8-9-24)31-16-23(30)28-14-20-5-6-21(15-28)29(20)22-7-4-18(12-26)13-27-22/h1-4,7,10,13,20-21H,5-6,8-9,14-16H2. The van der Waals surface area contributed by atoms with Crippen LogP contribution in [0.25, 0.3) is 0 Å². The van der Waals surface area contributed by atoms with Gasteiger partial charge in [-0.15, -0.1) is 0 Å². The fourth-order valence-electron chi connectivity index (χ4n) is 4.88. The molecule has 1 amide bonds. The molecule has 7 nitrogen and oxygen atoms in total. The number of pyridine rings is 1. The van der Waals surface area contributed by atoms with Gasteiger partial charge in [-0.25, -0.2) is 4.98 Å². The van der Waals surface area contributed by atoms with Crippen LogP contribution in [0, 0.1) is 22.7 Å². The number of aromatic nitrogens is 1. The van der Waals surface area contributed by atoms with Crippen molar-refractivity contribution in [1.82, 2.24) is 9.88 Å². The van der Waals surface area contributed by atoms with E-state index in [9.17, 15) is 4.79 Å². The van der Waals surface area contributed by atoms with Gasteiger partial charge in [0.25, 0.3) is 0 Å². The number of fused-ring (bicyclic) bond motifs is 2. The van der Waals surface area contributed by atoms with Crippen molar-refractivity contribution in [3.8, 4) is 12.1 Å². The number of hydrogen-bond donors (Lipinski definition) is 0. The summed E-state index contributed by atoms with van der Waals surface area (Å²) in [6.07, 6.45) is 5.41. The third-order valence-corrected chi connectivity index (χ3v) is 6.67. The van der Waals surface area contributed by atoms with Crippen molar-refractivity contribution < 1.29 is 9.53 Å². The summed E-state index contributed by atoms with van der Waals surface area (Å²) in [5.41, 5.74) is 1.73. The van der Waals surface area contributed by atoms with E-state index in [1.807, 2.05) is 29.2 Å². The van der Waals surface area contributed by atoms with Crippen molar-refractivity contribution in [3.05, 3.63) is 59.3 Å². The van der Waals surface area contributed by atoms with E-state index >= 15 is 0 Å². The van der Waals surface area contributed by atoms with Gasteiger partial charge in [-0.05, 0) is 55.5 Å². The first kappa shape index (κ1) is 19.5. The Morgan fingerprint density at radius 3 is 2.45 bits per heavy atom. The van der Waals surface area contributed by atoms with E-state index in [0.29, 0.717) is 24.2 Å². The second-order valence-electron chi connectivity index (χ2n) is 8.58. The molecule has 2 unspecified atom stereocenters. The number of carbonyl (C=O) groups is 1. The molecule has 7 heteroatoms. The molecule has 5 rings (SSSR count). The van der Waals surface area contributed by atoms with Gasteiger partial charge in [0.1, 0.15) is 18.5 Å². The summed E-state index contributed by atoms with van der Waals surface area (Å²) < 4.78 is 6.11. The van der Waals surface area contributed by atoms with Gasteiger partial charge in [0, 0.05) is 31.4 Å². The largest absolute Gasteiger partial charge is 0.360 e. The lowest BCUT2D eigenvalue weighted by Crippen LogP contribution is -2.56. The highest BCUT2D eigenvalue weighted by Crippen LogP contribution is 2.49. The number of rotatable bonds is 5. The Morgan fingerprint density at radius 2 is 1.84 bits per heavy atom. The molecule has 1 aromatic carbocycles. The summed E-state index contributed by atoms with van der Waals surface area (Å²) in [6.45, 7) is 1.39. The van der Waals surface area contributed by atoms with E-state index < -0.39 is 5.60 Å². The molecule has 1 aliphatic carbocycles. The fraction of sp³-hybridized carbons (Fsp3) is 0.417. The maximum atomic E-state index is 13.0. The molecule has 3 aliphatic rings. The van der Waals surface area contributed by atoms with Crippen LogP contribution in [0.5, 0.6) is 0 Å². The van der Waals surface area contributed by atoms with E-state index in [4.69, 9.17) is 15.3 Å². The number of likely N-dealkylation sites (tertiary alicyclic amines) is 1. The lowest BCUT2D eigenvalue weighted by atomic mass is 10.0. The molecule has 0 spiro atoms. The number of anilines is 1. The van der Waals surface area contributed by atoms with Crippen molar-refractivity contribution in [1.29, 1.82) is 10.5 Å². The molecule has 1 saturated carbocycles. The van der Waals surface area contributed by atoms with E-state index in [2.05, 4.69) is 22.0 Å². The van der Waals surface area contributed by atoms with Crippen molar-refractivity contribution in [3.63, 3.8) is 0 Å². The summed E-state index contributed by atoms with van der Waals surface area (Å²) >= 11 is 0. The van der Waals surface area contributed by atoms with Crippen LogP contribution in [0.1, 0.15) is 42.4 Å². The minimum absolute atomic E-state index is 0.0204. The van der Waals surface area contributed by atoms with Gasteiger partial charge >= 0.3 is 0 Å². The van der Waals surface area contributed by atoms with Gasteiger partial charge in [-0.3, -0.25) is 4.79 Å². The second kappa shape index (κ2) is 7.68. The van der Waals surface area contributed by atoms with Gasteiger partial charge in [0.05, 0.1) is 22.8 Å². The SMILES string of the molecule is N#Cc1ccc(N2C3CCC2CN(C(=O)COC2(c4cccc(C#N)c4)CC2)C3)nc1. The number of piperazine rings is 1. The van der Waals surface area contributed by atoms with Crippen LogP contribution >= 0.6 is 0 Å². The first-order chi connectivity index (χ1) is 15.1. The smallest absolute Gasteiger partial charge is 0.248 e. The van der Waals surface area contributed by atoms with Crippen molar-refractivity contribution >= 4 is 11.7 Å². The van der Waals surface area contributed by atoms with Gasteiger partial charge in [-0.1, -0.05) is 12.1 Å². The Bertz CT molecular complexity index is 1070. The summed E-state index contributed by atoms with van der Waals surface area (Å²) in [6, 6.07) is 15.9. The number of benzene rings is 1. The number of carbonyl (C=O) groups excluding carboxylic acids is 1. The Hall–Kier alpha value is -3.42. The zero-order valence-corrected chi connectivity index (χ0v) is 17.2. The molecule has 2 aliphatic heterocycles. The molecule has 0 N–H and O–H groups in total. The number of nitrogens with zero attached hydrogens (tertiary/aromatic N) is 5. The minimum Gasteiger partial charge on any atom is -0.360 e. The molecule has 2 bridgehead atoms. The van der Waals surface area contributed by atoms with Crippen molar-refractivity contribution in [2.24, 2.45) is 0 Å². The summed E-state index contributed by atoms with van der Waals surface area (Å²) in [7, 11) is 0. The van der Waals surface area contributed by atoms with Crippen molar-refractivity contribution in [2.45, 2.75) is 43.4 Å². The monoisotopic (exact) mass is 413 g/mol. The maximum absolute atomic E-state index is 13.0. The predicted octanol–water partition coefficient (Wildman–Crippen LogP) is 2.71. The third-order valence-electron chi connectivity index (χ3n) is 6.67. The average molecular weight is 413 g/mol. The predicted molar refractivity (Wildman–Crippen MR) is 113 cm³/mol. The van der Waals surface area contributed by atoms with Crippen LogP contribution in [-0.4, -0.2) is 47.6 Å². The number of amides is 1. The molecule has 3 fully saturated rings. The molecule has 2 saturated heterocycles. The van der Waals surface area contributed by atoms with Gasteiger partial charge in [0.15, 0.2) is 0 Å². The zero-order valence-electron chi connectivity index (χ0n) is 17.2. The van der Waals surface area contributed by atoms with E-state index in [1.165, 1.54) is 0 Å². The molecule has 2 atom stereocenters. The lowest BCUT2D eigenvalue weighted by molar-refractivity contribution is -0.140. The Balaban J connectivity index is 1.22.